The van der Waals surface area contributed by atoms with Crippen LogP contribution in [0.4, 0.5) is 0 Å². The van der Waals surface area contributed by atoms with E-state index in [0.29, 0.717) is 5.92 Å². The molecule has 0 atom stereocenters. The van der Waals surface area contributed by atoms with Crippen LogP contribution in [0.25, 0.3) is 0 Å². The summed E-state index contributed by atoms with van der Waals surface area (Å²) in [4.78, 5) is 24.6. The van der Waals surface area contributed by atoms with Crippen LogP contribution in [0.15, 0.2) is 10.9 Å². The fourth-order valence-corrected chi connectivity index (χ4v) is 3.43. The molecule has 1 amide bonds. The molecule has 1 aromatic rings. The van der Waals surface area contributed by atoms with Crippen molar-refractivity contribution in [3.05, 3.63) is 33.2 Å². The molecule has 4 heteroatoms. The molecule has 116 valence electrons. The summed E-state index contributed by atoms with van der Waals surface area (Å²) in [7, 11) is 1.57. The van der Waals surface area contributed by atoms with E-state index in [1.807, 2.05) is 11.5 Å². The minimum absolute atomic E-state index is 0.137. The van der Waals surface area contributed by atoms with Crippen LogP contribution in [-0.4, -0.2) is 17.5 Å². The molecule has 0 aliphatic heterocycles. The van der Waals surface area contributed by atoms with Gasteiger partial charge in [-0.3, -0.25) is 9.59 Å². The molecule has 1 fully saturated rings. The van der Waals surface area contributed by atoms with E-state index in [1.54, 1.807) is 13.1 Å². The first-order valence-corrected chi connectivity index (χ1v) is 8.03. The van der Waals surface area contributed by atoms with Gasteiger partial charge in [0.1, 0.15) is 5.56 Å². The monoisotopic (exact) mass is 290 g/mol. The normalized spacial score (nSPS) is 16.0. The molecule has 1 heterocycles. The average molecular weight is 290 g/mol. The van der Waals surface area contributed by atoms with Gasteiger partial charge in [-0.05, 0) is 43.7 Å². The lowest BCUT2D eigenvalue weighted by Gasteiger charge is -2.25. The molecule has 21 heavy (non-hydrogen) atoms. The maximum absolute atomic E-state index is 12.7. The van der Waals surface area contributed by atoms with Gasteiger partial charge in [-0.1, -0.05) is 26.2 Å². The average Bonchev–Trinajstić information content (AvgIpc) is 2.51. The largest absolute Gasteiger partial charge is 0.355 e. The topological polar surface area (TPSA) is 51.1 Å². The zero-order valence-electron chi connectivity index (χ0n) is 13.4. The molecule has 1 aromatic heterocycles. The Morgan fingerprint density at radius 2 is 2.00 bits per heavy atom. The Morgan fingerprint density at radius 3 is 2.57 bits per heavy atom. The second kappa shape index (κ2) is 6.92. The molecule has 0 radical (unpaired) electrons. The van der Waals surface area contributed by atoms with E-state index in [2.05, 4.69) is 12.2 Å². The van der Waals surface area contributed by atoms with Gasteiger partial charge in [0.15, 0.2) is 0 Å². The SMILES string of the molecule is CCc1c(C)cc(C(=O)NC)c(=O)n1CC1CCCCC1. The highest BCUT2D eigenvalue weighted by molar-refractivity contribution is 5.93. The lowest BCUT2D eigenvalue weighted by atomic mass is 9.89. The number of rotatable bonds is 4. The van der Waals surface area contributed by atoms with Crippen molar-refractivity contribution >= 4 is 5.91 Å². The smallest absolute Gasteiger partial charge is 0.263 e. The Labute approximate surface area is 126 Å². The summed E-state index contributed by atoms with van der Waals surface area (Å²) in [5, 5.41) is 2.57. The number of nitrogens with one attached hydrogen (secondary N) is 1. The molecule has 1 aliphatic carbocycles. The maximum atomic E-state index is 12.7. The Kier molecular flexibility index (Phi) is 5.21. The molecule has 0 aromatic carbocycles. The van der Waals surface area contributed by atoms with Crippen molar-refractivity contribution in [2.24, 2.45) is 5.92 Å². The van der Waals surface area contributed by atoms with Crippen LogP contribution in [-0.2, 0) is 13.0 Å². The van der Waals surface area contributed by atoms with Gasteiger partial charge in [0.05, 0.1) is 0 Å². The number of carbonyl (C=O) groups excluding carboxylic acids is 1. The molecule has 0 spiro atoms. The van der Waals surface area contributed by atoms with Crippen molar-refractivity contribution in [3.63, 3.8) is 0 Å². The van der Waals surface area contributed by atoms with Gasteiger partial charge in [-0.2, -0.15) is 0 Å². The first kappa shape index (κ1) is 15.8. The predicted molar refractivity (Wildman–Crippen MR) is 84.8 cm³/mol. The fourth-order valence-electron chi connectivity index (χ4n) is 3.43. The summed E-state index contributed by atoms with van der Waals surface area (Å²) in [6, 6.07) is 1.73. The molecule has 1 saturated carbocycles. The molecule has 0 unspecified atom stereocenters. The van der Waals surface area contributed by atoms with Crippen molar-refractivity contribution < 1.29 is 4.79 Å². The lowest BCUT2D eigenvalue weighted by Crippen LogP contribution is -2.35. The summed E-state index contributed by atoms with van der Waals surface area (Å²) >= 11 is 0. The van der Waals surface area contributed by atoms with Crippen LogP contribution in [0.5, 0.6) is 0 Å². The third-order valence-corrected chi connectivity index (χ3v) is 4.59. The third kappa shape index (κ3) is 3.36. The minimum Gasteiger partial charge on any atom is -0.355 e. The first-order chi connectivity index (χ1) is 10.1. The van der Waals surface area contributed by atoms with E-state index in [-0.39, 0.29) is 17.0 Å². The lowest BCUT2D eigenvalue weighted by molar-refractivity contribution is 0.0960. The van der Waals surface area contributed by atoms with Crippen molar-refractivity contribution in [1.82, 2.24) is 9.88 Å². The van der Waals surface area contributed by atoms with E-state index < -0.39 is 0 Å². The van der Waals surface area contributed by atoms with Crippen LogP contribution in [0.1, 0.15) is 60.6 Å². The highest BCUT2D eigenvalue weighted by Gasteiger charge is 2.20. The summed E-state index contributed by atoms with van der Waals surface area (Å²) in [6.07, 6.45) is 7.03. The number of aryl methyl sites for hydroxylation is 1. The van der Waals surface area contributed by atoms with Crippen molar-refractivity contribution in [1.29, 1.82) is 0 Å². The quantitative estimate of drug-likeness (QED) is 0.927. The van der Waals surface area contributed by atoms with Crippen molar-refractivity contribution in [3.8, 4) is 0 Å². The number of aromatic nitrogens is 1. The maximum Gasteiger partial charge on any atom is 0.263 e. The number of carbonyl (C=O) groups is 1. The molecular formula is C17H26N2O2. The van der Waals surface area contributed by atoms with Gasteiger partial charge < -0.3 is 9.88 Å². The van der Waals surface area contributed by atoms with E-state index in [1.165, 1.54) is 32.1 Å². The second-order valence-corrected chi connectivity index (χ2v) is 6.04. The van der Waals surface area contributed by atoms with Crippen molar-refractivity contribution in [2.45, 2.75) is 58.9 Å². The molecule has 1 N–H and O–H groups in total. The molecule has 1 aliphatic rings. The van der Waals surface area contributed by atoms with Gasteiger partial charge in [-0.15, -0.1) is 0 Å². The van der Waals surface area contributed by atoms with Gasteiger partial charge in [0, 0.05) is 19.3 Å². The highest BCUT2D eigenvalue weighted by Crippen LogP contribution is 2.25. The van der Waals surface area contributed by atoms with Gasteiger partial charge in [-0.25, -0.2) is 0 Å². The fraction of sp³-hybridized carbons (Fsp3) is 0.647. The van der Waals surface area contributed by atoms with Crippen molar-refractivity contribution in [2.75, 3.05) is 7.05 Å². The Balaban J connectivity index is 2.43. The predicted octanol–water partition coefficient (Wildman–Crippen LogP) is 2.66. The first-order valence-electron chi connectivity index (χ1n) is 8.03. The van der Waals surface area contributed by atoms with Crippen LogP contribution < -0.4 is 10.9 Å². The standard InChI is InChI=1S/C17H26N2O2/c1-4-15-12(2)10-14(16(20)18-3)17(21)19(15)11-13-8-6-5-7-9-13/h10,13H,4-9,11H2,1-3H3,(H,18,20). The number of hydrogen-bond donors (Lipinski definition) is 1. The molecule has 2 rings (SSSR count). The van der Waals surface area contributed by atoms with E-state index in [4.69, 9.17) is 0 Å². The Morgan fingerprint density at radius 1 is 1.33 bits per heavy atom. The zero-order chi connectivity index (χ0) is 15.4. The summed E-state index contributed by atoms with van der Waals surface area (Å²) in [5.41, 5.74) is 2.23. The van der Waals surface area contributed by atoms with E-state index in [9.17, 15) is 9.59 Å². The minimum atomic E-state index is -0.289. The number of amides is 1. The third-order valence-electron chi connectivity index (χ3n) is 4.59. The Hall–Kier alpha value is -1.58. The van der Waals surface area contributed by atoms with E-state index in [0.717, 1.165) is 24.2 Å². The second-order valence-electron chi connectivity index (χ2n) is 6.04. The van der Waals surface area contributed by atoms with Crippen LogP contribution in [0.2, 0.25) is 0 Å². The molecule has 4 nitrogen and oxygen atoms in total. The number of hydrogen-bond acceptors (Lipinski definition) is 2. The molecule has 0 saturated heterocycles. The van der Waals surface area contributed by atoms with E-state index >= 15 is 0 Å². The van der Waals surface area contributed by atoms with Crippen LogP contribution in [0, 0.1) is 12.8 Å². The summed E-state index contributed by atoms with van der Waals surface area (Å²) < 4.78 is 1.86. The number of nitrogens with zero attached hydrogens (tertiary/aromatic N) is 1. The zero-order valence-corrected chi connectivity index (χ0v) is 13.4. The highest BCUT2D eigenvalue weighted by atomic mass is 16.2. The summed E-state index contributed by atoms with van der Waals surface area (Å²) in [5.74, 6) is 0.282. The number of pyridine rings is 1. The molecular weight excluding hydrogens is 264 g/mol. The van der Waals surface area contributed by atoms with Gasteiger partial charge in [0.2, 0.25) is 0 Å². The van der Waals surface area contributed by atoms with Gasteiger partial charge >= 0.3 is 0 Å². The van der Waals surface area contributed by atoms with Crippen LogP contribution in [0.3, 0.4) is 0 Å². The van der Waals surface area contributed by atoms with Gasteiger partial charge in [0.25, 0.3) is 11.5 Å². The Bertz CT molecular complexity index is 569. The van der Waals surface area contributed by atoms with Crippen LogP contribution >= 0.6 is 0 Å². The molecule has 0 bridgehead atoms. The summed E-state index contributed by atoms with van der Waals surface area (Å²) in [6.45, 7) is 4.81.